The lowest BCUT2D eigenvalue weighted by atomic mass is 10.0. The number of nitrogens with zero attached hydrogens (tertiary/aromatic N) is 1. The minimum Gasteiger partial charge on any atom is -0.481 e. The Morgan fingerprint density at radius 2 is 2.29 bits per heavy atom. The molecular weight excluding hydrogens is 182 g/mol. The Morgan fingerprint density at radius 3 is 2.71 bits per heavy atom. The minimum atomic E-state index is -0.839. The molecule has 1 amide bonds. The average Bonchev–Trinajstić information content (AvgIpc) is 2.47. The van der Waals surface area contributed by atoms with Gasteiger partial charge in [0.25, 0.3) is 0 Å². The van der Waals surface area contributed by atoms with E-state index in [-0.39, 0.29) is 18.4 Å². The first-order valence-corrected chi connectivity index (χ1v) is 4.53. The van der Waals surface area contributed by atoms with Gasteiger partial charge in [0.1, 0.15) is 0 Å². The molecule has 1 fully saturated rings. The van der Waals surface area contributed by atoms with Crippen molar-refractivity contribution in [3.05, 3.63) is 0 Å². The fourth-order valence-corrected chi connectivity index (χ4v) is 1.81. The van der Waals surface area contributed by atoms with Crippen molar-refractivity contribution in [2.45, 2.75) is 25.8 Å². The van der Waals surface area contributed by atoms with Crippen LogP contribution in [-0.4, -0.2) is 34.5 Å². The molecule has 2 atom stereocenters. The summed E-state index contributed by atoms with van der Waals surface area (Å²) in [7, 11) is 0. The summed E-state index contributed by atoms with van der Waals surface area (Å²) < 4.78 is 0. The number of likely N-dealkylation sites (tertiary alicyclic amines) is 1. The zero-order chi connectivity index (χ0) is 10.7. The van der Waals surface area contributed by atoms with E-state index in [0.29, 0.717) is 13.0 Å². The number of amides is 1. The zero-order valence-electron chi connectivity index (χ0n) is 8.06. The Morgan fingerprint density at radius 1 is 1.64 bits per heavy atom. The summed E-state index contributed by atoms with van der Waals surface area (Å²) in [5.41, 5.74) is 0. The first kappa shape index (κ1) is 10.6. The van der Waals surface area contributed by atoms with E-state index in [1.807, 2.05) is 0 Å². The van der Waals surface area contributed by atoms with E-state index in [2.05, 4.69) is 5.92 Å². The van der Waals surface area contributed by atoms with E-state index in [4.69, 9.17) is 11.5 Å². The summed E-state index contributed by atoms with van der Waals surface area (Å²) in [5, 5.41) is 8.83. The SMILES string of the molecule is C#CCC(=O)N1CCC(C(=O)O)C1C. The number of rotatable bonds is 2. The normalized spacial score (nSPS) is 25.9. The molecule has 1 N–H and O–H groups in total. The van der Waals surface area contributed by atoms with Crippen molar-refractivity contribution >= 4 is 11.9 Å². The van der Waals surface area contributed by atoms with Gasteiger partial charge in [-0.05, 0) is 13.3 Å². The highest BCUT2D eigenvalue weighted by Crippen LogP contribution is 2.24. The highest BCUT2D eigenvalue weighted by atomic mass is 16.4. The van der Waals surface area contributed by atoms with Crippen molar-refractivity contribution in [1.29, 1.82) is 0 Å². The number of hydrogen-bond acceptors (Lipinski definition) is 2. The molecule has 0 spiro atoms. The lowest BCUT2D eigenvalue weighted by Gasteiger charge is -2.22. The average molecular weight is 195 g/mol. The third-order valence-corrected chi connectivity index (χ3v) is 2.65. The molecular formula is C10H13NO3. The maximum atomic E-state index is 11.4. The highest BCUT2D eigenvalue weighted by Gasteiger charge is 2.37. The standard InChI is InChI=1S/C10H13NO3/c1-3-4-9(12)11-6-5-8(7(11)2)10(13)14/h1,7-8H,4-6H2,2H3,(H,13,14). The van der Waals surface area contributed by atoms with Gasteiger partial charge in [-0.3, -0.25) is 9.59 Å². The fourth-order valence-electron chi connectivity index (χ4n) is 1.81. The summed E-state index contributed by atoms with van der Waals surface area (Å²) in [4.78, 5) is 23.7. The molecule has 14 heavy (non-hydrogen) atoms. The van der Waals surface area contributed by atoms with E-state index in [1.54, 1.807) is 11.8 Å². The molecule has 0 aromatic rings. The van der Waals surface area contributed by atoms with Crippen LogP contribution in [0.5, 0.6) is 0 Å². The highest BCUT2D eigenvalue weighted by molar-refractivity contribution is 5.81. The van der Waals surface area contributed by atoms with Gasteiger partial charge in [0.05, 0.1) is 12.3 Å². The number of carbonyl (C=O) groups is 2. The van der Waals surface area contributed by atoms with Gasteiger partial charge in [0.2, 0.25) is 5.91 Å². The van der Waals surface area contributed by atoms with E-state index >= 15 is 0 Å². The van der Waals surface area contributed by atoms with Crippen LogP contribution in [0.15, 0.2) is 0 Å². The molecule has 0 saturated carbocycles. The van der Waals surface area contributed by atoms with Crippen molar-refractivity contribution in [3.8, 4) is 12.3 Å². The molecule has 1 saturated heterocycles. The van der Waals surface area contributed by atoms with Crippen LogP contribution in [0.2, 0.25) is 0 Å². The Labute approximate surface area is 82.9 Å². The molecule has 1 rings (SSSR count). The first-order chi connectivity index (χ1) is 6.57. The molecule has 76 valence electrons. The van der Waals surface area contributed by atoms with Crippen molar-refractivity contribution < 1.29 is 14.7 Å². The predicted octanol–water partition coefficient (Wildman–Crippen LogP) is 0.331. The van der Waals surface area contributed by atoms with E-state index < -0.39 is 11.9 Å². The van der Waals surface area contributed by atoms with Crippen LogP contribution in [0.25, 0.3) is 0 Å². The van der Waals surface area contributed by atoms with E-state index in [0.717, 1.165) is 0 Å². The van der Waals surface area contributed by atoms with Crippen molar-refractivity contribution in [3.63, 3.8) is 0 Å². The van der Waals surface area contributed by atoms with Gasteiger partial charge in [-0.15, -0.1) is 6.42 Å². The number of hydrogen-bond donors (Lipinski definition) is 1. The third-order valence-electron chi connectivity index (χ3n) is 2.65. The lowest BCUT2D eigenvalue weighted by Crippen LogP contribution is -2.37. The van der Waals surface area contributed by atoms with Crippen molar-refractivity contribution in [2.24, 2.45) is 5.92 Å². The van der Waals surface area contributed by atoms with Gasteiger partial charge in [-0.25, -0.2) is 0 Å². The first-order valence-electron chi connectivity index (χ1n) is 4.53. The third kappa shape index (κ3) is 1.87. The van der Waals surface area contributed by atoms with Crippen molar-refractivity contribution in [1.82, 2.24) is 4.90 Å². The van der Waals surface area contributed by atoms with Gasteiger partial charge in [0, 0.05) is 12.6 Å². The van der Waals surface area contributed by atoms with E-state index in [1.165, 1.54) is 0 Å². The number of carbonyl (C=O) groups excluding carboxylic acids is 1. The lowest BCUT2D eigenvalue weighted by molar-refractivity contribution is -0.142. The molecule has 0 aromatic carbocycles. The number of carboxylic acid groups (broad SMARTS) is 1. The summed E-state index contributed by atoms with van der Waals surface area (Å²) in [6, 6.07) is -0.242. The van der Waals surface area contributed by atoms with Crippen LogP contribution in [0.4, 0.5) is 0 Å². The monoisotopic (exact) mass is 195 g/mol. The smallest absolute Gasteiger partial charge is 0.308 e. The van der Waals surface area contributed by atoms with Gasteiger partial charge >= 0.3 is 5.97 Å². The second-order valence-corrected chi connectivity index (χ2v) is 3.44. The largest absolute Gasteiger partial charge is 0.481 e. The van der Waals surface area contributed by atoms with Crippen LogP contribution in [0, 0.1) is 18.3 Å². The molecule has 0 aromatic heterocycles. The summed E-state index contributed by atoms with van der Waals surface area (Å²) in [6.45, 7) is 2.25. The molecule has 0 aliphatic carbocycles. The Bertz CT molecular complexity index is 292. The Kier molecular flexibility index (Phi) is 3.13. The van der Waals surface area contributed by atoms with Crippen LogP contribution in [-0.2, 0) is 9.59 Å². The summed E-state index contributed by atoms with van der Waals surface area (Å²) in [6.07, 6.45) is 5.60. The molecule has 4 nitrogen and oxygen atoms in total. The topological polar surface area (TPSA) is 57.6 Å². The number of carboxylic acids is 1. The summed E-state index contributed by atoms with van der Waals surface area (Å²) in [5.74, 6) is 0.834. The van der Waals surface area contributed by atoms with Gasteiger partial charge < -0.3 is 10.0 Å². The Hall–Kier alpha value is -1.50. The molecule has 1 heterocycles. The second-order valence-electron chi connectivity index (χ2n) is 3.44. The van der Waals surface area contributed by atoms with Crippen LogP contribution >= 0.6 is 0 Å². The van der Waals surface area contributed by atoms with E-state index in [9.17, 15) is 9.59 Å². The molecule has 1 aliphatic rings. The second kappa shape index (κ2) is 4.14. The number of aliphatic carboxylic acids is 1. The Balaban J connectivity index is 2.64. The maximum absolute atomic E-state index is 11.4. The molecule has 1 aliphatic heterocycles. The molecule has 0 bridgehead atoms. The molecule has 4 heteroatoms. The van der Waals surface area contributed by atoms with Crippen LogP contribution in [0.1, 0.15) is 19.8 Å². The van der Waals surface area contributed by atoms with Gasteiger partial charge in [-0.1, -0.05) is 5.92 Å². The van der Waals surface area contributed by atoms with Gasteiger partial charge in [0.15, 0.2) is 0 Å². The molecule has 0 radical (unpaired) electrons. The number of terminal acetylenes is 1. The van der Waals surface area contributed by atoms with Crippen LogP contribution < -0.4 is 0 Å². The summed E-state index contributed by atoms with van der Waals surface area (Å²) >= 11 is 0. The fraction of sp³-hybridized carbons (Fsp3) is 0.600. The molecule has 2 unspecified atom stereocenters. The predicted molar refractivity (Wildman–Crippen MR) is 50.4 cm³/mol. The van der Waals surface area contributed by atoms with Crippen molar-refractivity contribution in [2.75, 3.05) is 6.54 Å². The van der Waals surface area contributed by atoms with Crippen LogP contribution in [0.3, 0.4) is 0 Å². The van der Waals surface area contributed by atoms with Gasteiger partial charge in [-0.2, -0.15) is 0 Å². The quantitative estimate of drug-likeness (QED) is 0.646. The zero-order valence-corrected chi connectivity index (χ0v) is 8.06. The maximum Gasteiger partial charge on any atom is 0.308 e. The minimum absolute atomic E-state index is 0.0523.